The van der Waals surface area contributed by atoms with Crippen LogP contribution < -0.4 is 0 Å². The number of rotatable bonds is 0. The standard InChI is InChI=1S/C10H8FNO/c1-6-5-9(13)7-3-2-4-8(11)10(7)12-6/h2-4H,5H2,1H3. The summed E-state index contributed by atoms with van der Waals surface area (Å²) < 4.78 is 13.2. The first-order valence-electron chi connectivity index (χ1n) is 4.04. The fourth-order valence-corrected chi connectivity index (χ4v) is 1.41. The number of Topliss-reactive ketones (excluding diaryl/α,β-unsaturated/α-hetero) is 1. The van der Waals surface area contributed by atoms with E-state index in [1.54, 1.807) is 13.0 Å². The predicted octanol–water partition coefficient (Wildman–Crippen LogP) is 2.50. The summed E-state index contributed by atoms with van der Waals surface area (Å²) in [7, 11) is 0. The van der Waals surface area contributed by atoms with Gasteiger partial charge in [0.1, 0.15) is 11.5 Å². The number of hydrogen-bond acceptors (Lipinski definition) is 2. The average Bonchev–Trinajstić information content (AvgIpc) is 2.07. The number of nitrogens with zero attached hydrogens (tertiary/aromatic N) is 1. The van der Waals surface area contributed by atoms with Crippen LogP contribution in [-0.2, 0) is 0 Å². The summed E-state index contributed by atoms with van der Waals surface area (Å²) in [5.41, 5.74) is 1.25. The maximum absolute atomic E-state index is 13.2. The van der Waals surface area contributed by atoms with Crippen molar-refractivity contribution in [2.24, 2.45) is 4.99 Å². The fourth-order valence-electron chi connectivity index (χ4n) is 1.41. The molecular formula is C10H8FNO. The van der Waals surface area contributed by atoms with Gasteiger partial charge in [0.15, 0.2) is 5.78 Å². The number of fused-ring (bicyclic) bond motifs is 1. The summed E-state index contributed by atoms with van der Waals surface area (Å²) in [5, 5.41) is 0. The summed E-state index contributed by atoms with van der Waals surface area (Å²) in [4.78, 5) is 15.4. The molecule has 1 heterocycles. The second-order valence-electron chi connectivity index (χ2n) is 3.08. The lowest BCUT2D eigenvalue weighted by atomic mass is 10.0. The van der Waals surface area contributed by atoms with Gasteiger partial charge in [-0.2, -0.15) is 0 Å². The number of carbonyl (C=O) groups is 1. The molecule has 0 N–H and O–H groups in total. The molecule has 0 aliphatic carbocycles. The second-order valence-corrected chi connectivity index (χ2v) is 3.08. The molecule has 0 amide bonds. The third-order valence-corrected chi connectivity index (χ3v) is 2.01. The highest BCUT2D eigenvalue weighted by molar-refractivity contribution is 6.15. The molecule has 0 unspecified atom stereocenters. The first-order chi connectivity index (χ1) is 6.18. The van der Waals surface area contributed by atoms with Crippen molar-refractivity contribution in [3.8, 4) is 0 Å². The quantitative estimate of drug-likeness (QED) is 0.598. The largest absolute Gasteiger partial charge is 0.294 e. The molecule has 0 atom stereocenters. The van der Waals surface area contributed by atoms with E-state index in [2.05, 4.69) is 4.99 Å². The van der Waals surface area contributed by atoms with E-state index in [9.17, 15) is 9.18 Å². The molecular weight excluding hydrogens is 169 g/mol. The molecule has 2 nitrogen and oxygen atoms in total. The number of para-hydroxylation sites is 1. The predicted molar refractivity (Wildman–Crippen MR) is 48.1 cm³/mol. The fraction of sp³-hybridized carbons (Fsp3) is 0.200. The molecule has 2 rings (SSSR count). The highest BCUT2D eigenvalue weighted by Crippen LogP contribution is 2.28. The lowest BCUT2D eigenvalue weighted by Crippen LogP contribution is -2.11. The minimum absolute atomic E-state index is 0.0537. The van der Waals surface area contributed by atoms with E-state index in [1.165, 1.54) is 12.1 Å². The molecule has 1 aliphatic heterocycles. The van der Waals surface area contributed by atoms with E-state index in [1.807, 2.05) is 0 Å². The van der Waals surface area contributed by atoms with Crippen LogP contribution in [0.15, 0.2) is 23.2 Å². The van der Waals surface area contributed by atoms with Gasteiger partial charge in [-0.15, -0.1) is 0 Å². The lowest BCUT2D eigenvalue weighted by Gasteiger charge is -2.11. The highest BCUT2D eigenvalue weighted by atomic mass is 19.1. The lowest BCUT2D eigenvalue weighted by molar-refractivity contribution is 0.0999. The minimum atomic E-state index is -0.426. The molecule has 0 bridgehead atoms. The van der Waals surface area contributed by atoms with Crippen molar-refractivity contribution in [2.45, 2.75) is 13.3 Å². The molecule has 1 aromatic carbocycles. The Morgan fingerprint density at radius 3 is 3.00 bits per heavy atom. The van der Waals surface area contributed by atoms with Crippen molar-refractivity contribution in [3.05, 3.63) is 29.6 Å². The molecule has 0 fully saturated rings. The van der Waals surface area contributed by atoms with Gasteiger partial charge in [-0.1, -0.05) is 6.07 Å². The van der Waals surface area contributed by atoms with Crippen LogP contribution in [0.3, 0.4) is 0 Å². The smallest absolute Gasteiger partial charge is 0.170 e. The van der Waals surface area contributed by atoms with E-state index in [-0.39, 0.29) is 11.5 Å². The summed E-state index contributed by atoms with van der Waals surface area (Å²) in [6.07, 6.45) is 0.302. The zero-order valence-corrected chi connectivity index (χ0v) is 7.17. The van der Waals surface area contributed by atoms with Crippen LogP contribution in [0.4, 0.5) is 10.1 Å². The van der Waals surface area contributed by atoms with Crippen molar-refractivity contribution in [3.63, 3.8) is 0 Å². The molecule has 0 saturated carbocycles. The van der Waals surface area contributed by atoms with Crippen LogP contribution >= 0.6 is 0 Å². The van der Waals surface area contributed by atoms with Crippen LogP contribution in [0.2, 0.25) is 0 Å². The Balaban J connectivity index is 2.69. The topological polar surface area (TPSA) is 29.4 Å². The van der Waals surface area contributed by atoms with E-state index < -0.39 is 5.82 Å². The summed E-state index contributed by atoms with van der Waals surface area (Å²) >= 11 is 0. The number of ketones is 1. The van der Waals surface area contributed by atoms with Crippen molar-refractivity contribution in [2.75, 3.05) is 0 Å². The third-order valence-electron chi connectivity index (χ3n) is 2.01. The molecule has 0 radical (unpaired) electrons. The normalized spacial score (nSPS) is 15.2. The van der Waals surface area contributed by atoms with Gasteiger partial charge < -0.3 is 0 Å². The van der Waals surface area contributed by atoms with Gasteiger partial charge in [-0.25, -0.2) is 4.39 Å². The Kier molecular flexibility index (Phi) is 1.72. The van der Waals surface area contributed by atoms with Gasteiger partial charge in [0, 0.05) is 17.7 Å². The summed E-state index contributed by atoms with van der Waals surface area (Å²) in [6, 6.07) is 4.45. The zero-order chi connectivity index (χ0) is 9.42. The van der Waals surface area contributed by atoms with Crippen molar-refractivity contribution < 1.29 is 9.18 Å². The zero-order valence-electron chi connectivity index (χ0n) is 7.17. The van der Waals surface area contributed by atoms with E-state index in [4.69, 9.17) is 0 Å². The maximum atomic E-state index is 13.2. The van der Waals surface area contributed by atoms with Gasteiger partial charge in [-0.05, 0) is 19.1 Å². The number of aliphatic imine (C=N–C) groups is 1. The first kappa shape index (κ1) is 8.10. The molecule has 1 aliphatic rings. The third kappa shape index (κ3) is 1.26. The molecule has 0 saturated heterocycles. The van der Waals surface area contributed by atoms with Crippen LogP contribution in [0.5, 0.6) is 0 Å². The van der Waals surface area contributed by atoms with Gasteiger partial charge in [-0.3, -0.25) is 9.79 Å². The van der Waals surface area contributed by atoms with E-state index in [0.717, 1.165) is 0 Å². The molecule has 13 heavy (non-hydrogen) atoms. The van der Waals surface area contributed by atoms with E-state index in [0.29, 0.717) is 17.7 Å². The highest BCUT2D eigenvalue weighted by Gasteiger charge is 2.19. The number of halogens is 1. The van der Waals surface area contributed by atoms with Gasteiger partial charge in [0.05, 0.1) is 0 Å². The van der Waals surface area contributed by atoms with Gasteiger partial charge >= 0.3 is 0 Å². The van der Waals surface area contributed by atoms with Crippen LogP contribution in [-0.4, -0.2) is 11.5 Å². The van der Waals surface area contributed by atoms with Crippen molar-refractivity contribution in [1.29, 1.82) is 0 Å². The van der Waals surface area contributed by atoms with Crippen LogP contribution in [0, 0.1) is 5.82 Å². The monoisotopic (exact) mass is 177 g/mol. The summed E-state index contributed by atoms with van der Waals surface area (Å²) in [6.45, 7) is 1.73. The average molecular weight is 177 g/mol. The molecule has 0 aromatic heterocycles. The Bertz CT molecular complexity index is 409. The van der Waals surface area contributed by atoms with Gasteiger partial charge in [0.25, 0.3) is 0 Å². The van der Waals surface area contributed by atoms with Crippen molar-refractivity contribution >= 4 is 17.2 Å². The summed E-state index contributed by atoms with van der Waals surface area (Å²) in [5.74, 6) is -0.480. The SMILES string of the molecule is CC1=Nc2c(F)cccc2C(=O)C1. The molecule has 3 heteroatoms. The number of hydrogen-bond donors (Lipinski definition) is 0. The Morgan fingerprint density at radius 1 is 1.46 bits per heavy atom. The Labute approximate surface area is 75.1 Å². The van der Waals surface area contributed by atoms with Crippen LogP contribution in [0.25, 0.3) is 0 Å². The van der Waals surface area contributed by atoms with Crippen LogP contribution in [0.1, 0.15) is 23.7 Å². The van der Waals surface area contributed by atoms with Crippen molar-refractivity contribution in [1.82, 2.24) is 0 Å². The Morgan fingerprint density at radius 2 is 2.23 bits per heavy atom. The molecule has 1 aromatic rings. The molecule has 0 spiro atoms. The molecule has 66 valence electrons. The van der Waals surface area contributed by atoms with E-state index >= 15 is 0 Å². The maximum Gasteiger partial charge on any atom is 0.170 e. The van der Waals surface area contributed by atoms with Gasteiger partial charge in [0.2, 0.25) is 0 Å². The minimum Gasteiger partial charge on any atom is -0.294 e. The Hall–Kier alpha value is -1.51. The number of carbonyl (C=O) groups excluding carboxylic acids is 1. The first-order valence-corrected chi connectivity index (χ1v) is 4.04. The second kappa shape index (κ2) is 2.76. The number of benzene rings is 1.